The standard InChI is InChI=1S/C11H16BrN3O3/c1-4-11(2,3)14-8(16)6-15-9(17)7(12)5-13-10(15)18/h5H,4,6H2,1-3H3,(H,13,18)(H,14,16). The van der Waals surface area contributed by atoms with Gasteiger partial charge in [0.05, 0.1) is 4.47 Å². The second-order valence-corrected chi connectivity index (χ2v) is 5.47. The van der Waals surface area contributed by atoms with Crippen LogP contribution in [0.3, 0.4) is 0 Å². The van der Waals surface area contributed by atoms with E-state index in [1.165, 1.54) is 6.20 Å². The zero-order valence-corrected chi connectivity index (χ0v) is 12.1. The molecule has 0 saturated heterocycles. The lowest BCUT2D eigenvalue weighted by Gasteiger charge is -2.24. The minimum Gasteiger partial charge on any atom is -0.350 e. The lowest BCUT2D eigenvalue weighted by molar-refractivity contribution is -0.123. The van der Waals surface area contributed by atoms with Crippen molar-refractivity contribution < 1.29 is 4.79 Å². The third-order valence-electron chi connectivity index (χ3n) is 2.68. The molecule has 0 aliphatic carbocycles. The van der Waals surface area contributed by atoms with Crippen molar-refractivity contribution in [3.63, 3.8) is 0 Å². The van der Waals surface area contributed by atoms with Gasteiger partial charge in [0.1, 0.15) is 6.54 Å². The highest BCUT2D eigenvalue weighted by molar-refractivity contribution is 9.10. The van der Waals surface area contributed by atoms with Crippen LogP contribution >= 0.6 is 15.9 Å². The third kappa shape index (κ3) is 3.56. The number of amides is 1. The maximum atomic E-state index is 11.8. The molecule has 1 rings (SSSR count). The molecule has 1 heterocycles. The first-order chi connectivity index (χ1) is 8.26. The first-order valence-corrected chi connectivity index (χ1v) is 6.35. The average molecular weight is 318 g/mol. The number of H-pyrrole nitrogens is 1. The molecule has 0 aliphatic rings. The molecule has 0 aliphatic heterocycles. The van der Waals surface area contributed by atoms with Gasteiger partial charge >= 0.3 is 5.69 Å². The molecule has 0 saturated carbocycles. The maximum absolute atomic E-state index is 11.8. The minimum atomic E-state index is -0.604. The molecule has 6 nitrogen and oxygen atoms in total. The van der Waals surface area contributed by atoms with Crippen molar-refractivity contribution in [1.82, 2.24) is 14.9 Å². The van der Waals surface area contributed by atoms with Crippen LogP contribution in [0.5, 0.6) is 0 Å². The van der Waals surface area contributed by atoms with Crippen molar-refractivity contribution in [2.75, 3.05) is 0 Å². The molecule has 1 aromatic rings. The molecule has 0 aromatic carbocycles. The monoisotopic (exact) mass is 317 g/mol. The quantitative estimate of drug-likeness (QED) is 0.853. The number of carbonyl (C=O) groups is 1. The second-order valence-electron chi connectivity index (χ2n) is 4.62. The first-order valence-electron chi connectivity index (χ1n) is 5.56. The van der Waals surface area contributed by atoms with Gasteiger partial charge in [-0.25, -0.2) is 9.36 Å². The normalized spacial score (nSPS) is 11.3. The summed E-state index contributed by atoms with van der Waals surface area (Å²) in [6.07, 6.45) is 2.01. The summed E-state index contributed by atoms with van der Waals surface area (Å²) in [5.41, 5.74) is -1.49. The predicted octanol–water partition coefficient (Wildman–Crippen LogP) is 0.604. The van der Waals surface area contributed by atoms with E-state index in [2.05, 4.69) is 26.2 Å². The molecule has 18 heavy (non-hydrogen) atoms. The Kier molecular flexibility index (Phi) is 4.50. The number of nitrogens with zero attached hydrogens (tertiary/aromatic N) is 1. The molecular weight excluding hydrogens is 302 g/mol. The summed E-state index contributed by atoms with van der Waals surface area (Å²) in [6.45, 7) is 5.40. The van der Waals surface area contributed by atoms with Crippen molar-refractivity contribution >= 4 is 21.8 Å². The highest BCUT2D eigenvalue weighted by Gasteiger charge is 2.19. The zero-order valence-electron chi connectivity index (χ0n) is 10.5. The molecule has 1 amide bonds. The molecule has 0 fully saturated rings. The van der Waals surface area contributed by atoms with Gasteiger partial charge in [-0.1, -0.05) is 6.92 Å². The Morgan fingerprint density at radius 1 is 1.50 bits per heavy atom. The highest BCUT2D eigenvalue weighted by atomic mass is 79.9. The van der Waals surface area contributed by atoms with Gasteiger partial charge in [0.15, 0.2) is 0 Å². The number of hydrogen-bond acceptors (Lipinski definition) is 3. The molecule has 1 aromatic heterocycles. The van der Waals surface area contributed by atoms with E-state index < -0.39 is 11.2 Å². The van der Waals surface area contributed by atoms with Crippen molar-refractivity contribution in [3.8, 4) is 0 Å². The zero-order chi connectivity index (χ0) is 13.9. The Balaban J connectivity index is 2.93. The van der Waals surface area contributed by atoms with Gasteiger partial charge in [-0.15, -0.1) is 0 Å². The van der Waals surface area contributed by atoms with Crippen LogP contribution in [-0.4, -0.2) is 21.0 Å². The first kappa shape index (κ1) is 14.7. The largest absolute Gasteiger partial charge is 0.350 e. The van der Waals surface area contributed by atoms with E-state index in [0.717, 1.165) is 11.0 Å². The van der Waals surface area contributed by atoms with Crippen LogP contribution in [-0.2, 0) is 11.3 Å². The molecule has 100 valence electrons. The summed E-state index contributed by atoms with van der Waals surface area (Å²) in [6, 6.07) is 0. The van der Waals surface area contributed by atoms with Crippen LogP contribution < -0.4 is 16.6 Å². The van der Waals surface area contributed by atoms with Crippen molar-refractivity contribution in [2.45, 2.75) is 39.3 Å². The fourth-order valence-corrected chi connectivity index (χ4v) is 1.61. The minimum absolute atomic E-state index is 0.213. The van der Waals surface area contributed by atoms with Gasteiger partial charge < -0.3 is 10.3 Å². The smallest absolute Gasteiger partial charge is 0.328 e. The molecular formula is C11H16BrN3O3. The predicted molar refractivity (Wildman–Crippen MR) is 71.5 cm³/mol. The van der Waals surface area contributed by atoms with E-state index in [4.69, 9.17) is 0 Å². The van der Waals surface area contributed by atoms with Gasteiger partial charge in [0.25, 0.3) is 5.56 Å². The number of carbonyl (C=O) groups excluding carboxylic acids is 1. The number of aromatic nitrogens is 2. The number of aromatic amines is 1. The fourth-order valence-electron chi connectivity index (χ4n) is 1.28. The van der Waals surface area contributed by atoms with Gasteiger partial charge in [-0.3, -0.25) is 9.59 Å². The Bertz CT molecular complexity index is 559. The molecule has 2 N–H and O–H groups in total. The number of nitrogens with one attached hydrogen (secondary N) is 2. The molecule has 0 unspecified atom stereocenters. The summed E-state index contributed by atoms with van der Waals surface area (Å²) in [7, 11) is 0. The molecule has 0 radical (unpaired) electrons. The van der Waals surface area contributed by atoms with E-state index in [9.17, 15) is 14.4 Å². The second kappa shape index (κ2) is 5.51. The highest BCUT2D eigenvalue weighted by Crippen LogP contribution is 2.06. The Hall–Kier alpha value is -1.37. The van der Waals surface area contributed by atoms with Crippen LogP contribution in [0.15, 0.2) is 20.3 Å². The van der Waals surface area contributed by atoms with Gasteiger partial charge in [-0.2, -0.15) is 0 Å². The number of hydrogen-bond donors (Lipinski definition) is 2. The van der Waals surface area contributed by atoms with Crippen LogP contribution in [0.25, 0.3) is 0 Å². The summed E-state index contributed by atoms with van der Waals surface area (Å²) >= 11 is 3.01. The number of rotatable bonds is 4. The SMILES string of the molecule is CCC(C)(C)NC(=O)Cn1c(=O)[nH]cc(Br)c1=O. The third-order valence-corrected chi connectivity index (χ3v) is 3.25. The van der Waals surface area contributed by atoms with Crippen LogP contribution in [0, 0.1) is 0 Å². The molecule has 0 spiro atoms. The Morgan fingerprint density at radius 3 is 2.67 bits per heavy atom. The maximum Gasteiger partial charge on any atom is 0.328 e. The fraction of sp³-hybridized carbons (Fsp3) is 0.545. The van der Waals surface area contributed by atoms with Crippen LogP contribution in [0.2, 0.25) is 0 Å². The summed E-state index contributed by atoms with van der Waals surface area (Å²) in [5.74, 6) is -0.368. The Labute approximate surface area is 113 Å². The van der Waals surface area contributed by atoms with E-state index in [-0.39, 0.29) is 22.5 Å². The number of halogens is 1. The summed E-state index contributed by atoms with van der Waals surface area (Å²) in [5, 5.41) is 2.76. The van der Waals surface area contributed by atoms with Gasteiger partial charge in [0.2, 0.25) is 5.91 Å². The van der Waals surface area contributed by atoms with Crippen LogP contribution in [0.1, 0.15) is 27.2 Å². The van der Waals surface area contributed by atoms with Crippen molar-refractivity contribution in [2.24, 2.45) is 0 Å². The van der Waals surface area contributed by atoms with Crippen molar-refractivity contribution in [1.29, 1.82) is 0 Å². The van der Waals surface area contributed by atoms with E-state index in [0.29, 0.717) is 0 Å². The molecule has 0 bridgehead atoms. The molecule has 7 heteroatoms. The summed E-state index contributed by atoms with van der Waals surface area (Å²) < 4.78 is 1.06. The van der Waals surface area contributed by atoms with E-state index >= 15 is 0 Å². The topological polar surface area (TPSA) is 84.0 Å². The van der Waals surface area contributed by atoms with Crippen molar-refractivity contribution in [3.05, 3.63) is 31.5 Å². The van der Waals surface area contributed by atoms with Gasteiger partial charge in [-0.05, 0) is 36.2 Å². The van der Waals surface area contributed by atoms with Crippen LogP contribution in [0.4, 0.5) is 0 Å². The molecule has 0 atom stereocenters. The average Bonchev–Trinajstić information content (AvgIpc) is 2.29. The summed E-state index contributed by atoms with van der Waals surface area (Å²) in [4.78, 5) is 37.3. The van der Waals surface area contributed by atoms with E-state index in [1.54, 1.807) is 0 Å². The van der Waals surface area contributed by atoms with Gasteiger partial charge in [0, 0.05) is 11.7 Å². The Morgan fingerprint density at radius 2 is 2.11 bits per heavy atom. The lowest BCUT2D eigenvalue weighted by Crippen LogP contribution is -2.47. The van der Waals surface area contributed by atoms with E-state index in [1.807, 2.05) is 20.8 Å². The lowest BCUT2D eigenvalue weighted by atomic mass is 10.0.